The van der Waals surface area contributed by atoms with Crippen molar-refractivity contribution < 1.29 is 9.47 Å². The number of hydrogen-bond donors (Lipinski definition) is 0. The van der Waals surface area contributed by atoms with Gasteiger partial charge in [-0.1, -0.05) is 170 Å². The molecule has 3 nitrogen and oxygen atoms in total. The molecule has 0 saturated heterocycles. The van der Waals surface area contributed by atoms with Crippen molar-refractivity contribution in [1.29, 1.82) is 0 Å². The number of hydrogen-bond acceptors (Lipinski definition) is 3. The summed E-state index contributed by atoms with van der Waals surface area (Å²) < 4.78 is 13.9. The predicted molar refractivity (Wildman–Crippen MR) is 260 cm³/mol. The Bertz CT molecular complexity index is 3340. The molecule has 64 heavy (non-hydrogen) atoms. The van der Waals surface area contributed by atoms with Gasteiger partial charge in [0.15, 0.2) is 23.0 Å². The van der Waals surface area contributed by atoms with Gasteiger partial charge in [-0.15, -0.1) is 0 Å². The van der Waals surface area contributed by atoms with Gasteiger partial charge >= 0.3 is 0 Å². The Kier molecular flexibility index (Phi) is 7.80. The minimum absolute atomic E-state index is 0.481. The molecule has 0 amide bonds. The number of fused-ring (bicyclic) bond motifs is 13. The summed E-state index contributed by atoms with van der Waals surface area (Å²) in [5.41, 5.74) is 19.3. The van der Waals surface area contributed by atoms with E-state index in [1.165, 1.54) is 77.9 Å². The number of nitrogens with zero attached hydrogens (tertiary/aromatic N) is 1. The number of anilines is 3. The van der Waals surface area contributed by atoms with Gasteiger partial charge in [-0.05, 0) is 133 Å². The molecule has 13 rings (SSSR count). The van der Waals surface area contributed by atoms with Crippen LogP contribution in [0, 0.1) is 0 Å². The van der Waals surface area contributed by atoms with Crippen molar-refractivity contribution in [2.24, 2.45) is 0 Å². The van der Waals surface area contributed by atoms with E-state index in [4.69, 9.17) is 9.47 Å². The summed E-state index contributed by atoms with van der Waals surface area (Å²) in [7, 11) is 0. The fraction of sp³-hybridized carbons (Fsp3) is 0.0492. The van der Waals surface area contributed by atoms with E-state index in [-0.39, 0.29) is 0 Å². The monoisotopic (exact) mass is 819 g/mol. The van der Waals surface area contributed by atoms with E-state index in [1.54, 1.807) is 0 Å². The lowest BCUT2D eigenvalue weighted by Crippen LogP contribution is -2.29. The van der Waals surface area contributed by atoms with Gasteiger partial charge in [-0.3, -0.25) is 0 Å². The quantitative estimate of drug-likeness (QED) is 0.167. The molecule has 0 bridgehead atoms. The van der Waals surface area contributed by atoms with Crippen molar-refractivity contribution in [1.82, 2.24) is 0 Å². The number of para-hydroxylation sites is 1. The molecule has 0 saturated carbocycles. The number of allylic oxidation sites excluding steroid dienone is 3. The lowest BCUT2D eigenvalue weighted by molar-refractivity contribution is 0.359. The van der Waals surface area contributed by atoms with Gasteiger partial charge in [0, 0.05) is 17.4 Å². The second kappa shape index (κ2) is 13.7. The Morgan fingerprint density at radius 1 is 0.375 bits per heavy atom. The molecular formula is C61H41NO2. The van der Waals surface area contributed by atoms with Gasteiger partial charge < -0.3 is 14.4 Å². The Morgan fingerprint density at radius 2 is 0.844 bits per heavy atom. The molecule has 0 radical (unpaired) electrons. The van der Waals surface area contributed by atoms with Gasteiger partial charge in [0.05, 0.1) is 16.5 Å². The van der Waals surface area contributed by atoms with Crippen LogP contribution in [0.4, 0.5) is 17.1 Å². The molecule has 0 N–H and O–H groups in total. The molecular weight excluding hydrogens is 779 g/mol. The largest absolute Gasteiger partial charge is 0.449 e. The van der Waals surface area contributed by atoms with Gasteiger partial charge in [0.25, 0.3) is 0 Å². The van der Waals surface area contributed by atoms with Crippen LogP contribution in [0.2, 0.25) is 0 Å². The second-order valence-corrected chi connectivity index (χ2v) is 17.2. The first-order valence-electron chi connectivity index (χ1n) is 22.0. The minimum atomic E-state index is -0.559. The molecule has 4 aliphatic rings. The first-order valence-corrected chi connectivity index (χ1v) is 22.0. The standard InChI is InChI=1S/C61H41NO2/c1-3-50-39(2)45-33-31-43(35-54(45)60(50,40-19-7-4-8-20-40)41-21-9-5-10-22-41)62(42-23-11-6-12-24-42)44-32-34-56-57(36-44)64-59-38-55-49(37-58(59)63-56)48-27-15-18-30-53(48)61(55)51-28-16-13-25-46(51)47-26-14-17-29-52(47)61/h3-38H,1H2,2H3. The first-order chi connectivity index (χ1) is 31.6. The maximum absolute atomic E-state index is 7.04. The summed E-state index contributed by atoms with van der Waals surface area (Å²) in [6, 6.07) is 76.6. The highest BCUT2D eigenvalue weighted by Crippen LogP contribution is 2.65. The summed E-state index contributed by atoms with van der Waals surface area (Å²) >= 11 is 0. The zero-order chi connectivity index (χ0) is 42.6. The van der Waals surface area contributed by atoms with Crippen LogP contribution in [0.5, 0.6) is 23.0 Å². The second-order valence-electron chi connectivity index (χ2n) is 17.2. The average Bonchev–Trinajstić information content (AvgIpc) is 3.92. The SMILES string of the molecule is C=CC1=C(C)c2ccc(N(c3ccccc3)c3ccc4c(c3)Oc3cc5c(cc3O4)-c3ccccc3C53c4ccccc4-c4ccccc43)cc2C1(c1ccccc1)c1ccccc1. The zero-order valence-electron chi connectivity index (χ0n) is 35.3. The molecule has 1 aliphatic heterocycles. The Hall–Kier alpha value is -8.14. The summed E-state index contributed by atoms with van der Waals surface area (Å²) in [6.07, 6.45) is 2.06. The van der Waals surface area contributed by atoms with Crippen molar-refractivity contribution in [2.75, 3.05) is 4.90 Å². The molecule has 3 heteroatoms. The summed E-state index contributed by atoms with van der Waals surface area (Å²) in [6.45, 7) is 6.64. The topological polar surface area (TPSA) is 21.7 Å². The van der Waals surface area contributed by atoms with E-state index in [1.807, 2.05) is 6.07 Å². The molecule has 1 spiro atoms. The van der Waals surface area contributed by atoms with Gasteiger partial charge in [-0.2, -0.15) is 0 Å². The molecule has 0 atom stereocenters. The van der Waals surface area contributed by atoms with Crippen LogP contribution in [-0.4, -0.2) is 0 Å². The number of ether oxygens (including phenoxy) is 2. The van der Waals surface area contributed by atoms with Gasteiger partial charge in [-0.25, -0.2) is 0 Å². The summed E-state index contributed by atoms with van der Waals surface area (Å²) in [4.78, 5) is 2.32. The molecule has 0 unspecified atom stereocenters. The van der Waals surface area contributed by atoms with E-state index in [9.17, 15) is 0 Å². The normalized spacial score (nSPS) is 14.8. The third kappa shape index (κ3) is 4.81. The van der Waals surface area contributed by atoms with Crippen molar-refractivity contribution in [3.05, 3.63) is 275 Å². The van der Waals surface area contributed by atoms with Crippen LogP contribution < -0.4 is 14.4 Å². The Balaban J connectivity index is 0.961. The predicted octanol–water partition coefficient (Wildman–Crippen LogP) is 15.7. The molecule has 9 aromatic rings. The third-order valence-corrected chi connectivity index (χ3v) is 14.2. The lowest BCUT2D eigenvalue weighted by atomic mass is 9.67. The maximum Gasteiger partial charge on any atom is 0.172 e. The highest BCUT2D eigenvalue weighted by molar-refractivity contribution is 5.96. The van der Waals surface area contributed by atoms with Gasteiger partial charge in [0.2, 0.25) is 0 Å². The molecule has 0 aromatic heterocycles. The highest BCUT2D eigenvalue weighted by atomic mass is 16.6. The number of rotatable bonds is 6. The molecule has 3 aliphatic carbocycles. The van der Waals surface area contributed by atoms with Gasteiger partial charge in [0.1, 0.15) is 0 Å². The zero-order valence-corrected chi connectivity index (χ0v) is 35.3. The van der Waals surface area contributed by atoms with E-state index >= 15 is 0 Å². The third-order valence-electron chi connectivity index (χ3n) is 14.2. The fourth-order valence-electron chi connectivity index (χ4n) is 11.7. The Morgan fingerprint density at radius 3 is 1.45 bits per heavy atom. The minimum Gasteiger partial charge on any atom is -0.449 e. The average molecular weight is 820 g/mol. The van der Waals surface area contributed by atoms with Crippen LogP contribution in [-0.2, 0) is 10.8 Å². The van der Waals surface area contributed by atoms with E-state index < -0.39 is 10.8 Å². The number of benzene rings is 9. The molecule has 9 aromatic carbocycles. The molecule has 302 valence electrons. The molecule has 1 heterocycles. The van der Waals surface area contributed by atoms with Crippen LogP contribution >= 0.6 is 0 Å². The van der Waals surface area contributed by atoms with Crippen LogP contribution in [0.1, 0.15) is 51.4 Å². The van der Waals surface area contributed by atoms with Crippen molar-refractivity contribution in [3.8, 4) is 45.3 Å². The van der Waals surface area contributed by atoms with E-state index in [0.717, 1.165) is 17.1 Å². The van der Waals surface area contributed by atoms with Crippen molar-refractivity contribution in [2.45, 2.75) is 17.8 Å². The van der Waals surface area contributed by atoms with E-state index in [2.05, 4.69) is 231 Å². The van der Waals surface area contributed by atoms with Crippen LogP contribution in [0.3, 0.4) is 0 Å². The van der Waals surface area contributed by atoms with Crippen LogP contribution in [0.25, 0.3) is 27.8 Å². The summed E-state index contributed by atoms with van der Waals surface area (Å²) in [5.74, 6) is 2.76. The highest BCUT2D eigenvalue weighted by Gasteiger charge is 2.52. The van der Waals surface area contributed by atoms with Crippen molar-refractivity contribution in [3.63, 3.8) is 0 Å². The van der Waals surface area contributed by atoms with E-state index in [0.29, 0.717) is 23.0 Å². The van der Waals surface area contributed by atoms with Crippen molar-refractivity contribution >= 4 is 22.6 Å². The van der Waals surface area contributed by atoms with Crippen LogP contribution in [0.15, 0.2) is 231 Å². The fourth-order valence-corrected chi connectivity index (χ4v) is 11.7. The lowest BCUT2D eigenvalue weighted by Gasteiger charge is -2.36. The Labute approximate surface area is 373 Å². The smallest absolute Gasteiger partial charge is 0.172 e. The first kappa shape index (κ1) is 36.5. The maximum atomic E-state index is 7.04. The summed E-state index contributed by atoms with van der Waals surface area (Å²) in [5, 5.41) is 0. The molecule has 0 fully saturated rings.